The number of halogens is 1. The Kier molecular flexibility index (Phi) is 5.26. The third kappa shape index (κ3) is 4.15. The van der Waals surface area contributed by atoms with E-state index in [1.807, 2.05) is 14.1 Å². The molecule has 0 atom stereocenters. The Morgan fingerprint density at radius 3 is 2.75 bits per heavy atom. The number of oxazole rings is 1. The van der Waals surface area contributed by atoms with Crippen LogP contribution in [0.1, 0.15) is 12.3 Å². The lowest BCUT2D eigenvalue weighted by atomic mass is 10.2. The van der Waals surface area contributed by atoms with Crippen LogP contribution in [-0.2, 0) is 6.54 Å². The topological polar surface area (TPSA) is 41.3 Å². The van der Waals surface area contributed by atoms with Gasteiger partial charge in [-0.15, -0.1) is 0 Å². The fourth-order valence-electron chi connectivity index (χ4n) is 1.97. The van der Waals surface area contributed by atoms with E-state index in [0.717, 1.165) is 25.1 Å². The third-order valence-corrected chi connectivity index (χ3v) is 3.05. The zero-order valence-corrected chi connectivity index (χ0v) is 11.9. The Hall–Kier alpha value is -1.72. The third-order valence-electron chi connectivity index (χ3n) is 3.05. The van der Waals surface area contributed by atoms with Crippen LogP contribution in [0.5, 0.6) is 0 Å². The summed E-state index contributed by atoms with van der Waals surface area (Å²) in [5, 5.41) is 3.12. The minimum Gasteiger partial charge on any atom is -0.439 e. The monoisotopic (exact) mass is 277 g/mol. The van der Waals surface area contributed by atoms with Gasteiger partial charge < -0.3 is 9.73 Å². The van der Waals surface area contributed by atoms with Gasteiger partial charge in [0.05, 0.1) is 12.7 Å². The van der Waals surface area contributed by atoms with Gasteiger partial charge in [-0.05, 0) is 57.9 Å². The normalized spacial score (nSPS) is 11.2. The molecule has 2 rings (SSSR count). The first-order valence-electron chi connectivity index (χ1n) is 6.73. The minimum absolute atomic E-state index is 0.252. The van der Waals surface area contributed by atoms with Gasteiger partial charge in [-0.3, -0.25) is 4.90 Å². The van der Waals surface area contributed by atoms with E-state index in [-0.39, 0.29) is 5.82 Å². The lowest BCUT2D eigenvalue weighted by Gasteiger charge is -2.13. The van der Waals surface area contributed by atoms with Gasteiger partial charge in [0.2, 0.25) is 5.89 Å². The highest BCUT2D eigenvalue weighted by molar-refractivity contribution is 5.55. The maximum absolute atomic E-state index is 12.9. The molecule has 1 N–H and O–H groups in total. The molecule has 0 bridgehead atoms. The zero-order chi connectivity index (χ0) is 14.4. The number of aromatic nitrogens is 1. The first kappa shape index (κ1) is 14.7. The van der Waals surface area contributed by atoms with Crippen molar-refractivity contribution in [1.82, 2.24) is 15.2 Å². The summed E-state index contributed by atoms with van der Waals surface area (Å²) in [4.78, 5) is 6.43. The molecule has 1 heterocycles. The average molecular weight is 277 g/mol. The molecule has 0 saturated carbocycles. The van der Waals surface area contributed by atoms with Crippen molar-refractivity contribution in [3.05, 3.63) is 42.2 Å². The maximum atomic E-state index is 12.9. The minimum atomic E-state index is -0.252. The van der Waals surface area contributed by atoms with Crippen molar-refractivity contribution in [2.75, 3.05) is 27.2 Å². The molecule has 0 unspecified atom stereocenters. The number of hydrogen-bond donors (Lipinski definition) is 1. The predicted molar refractivity (Wildman–Crippen MR) is 76.8 cm³/mol. The number of benzene rings is 1. The van der Waals surface area contributed by atoms with E-state index in [4.69, 9.17) is 4.42 Å². The Balaban J connectivity index is 1.93. The van der Waals surface area contributed by atoms with Crippen LogP contribution in [0.15, 0.2) is 34.9 Å². The van der Waals surface area contributed by atoms with Crippen molar-refractivity contribution in [2.24, 2.45) is 0 Å². The van der Waals surface area contributed by atoms with Crippen LogP contribution in [0.25, 0.3) is 11.3 Å². The summed E-state index contributed by atoms with van der Waals surface area (Å²) >= 11 is 0. The van der Waals surface area contributed by atoms with Crippen molar-refractivity contribution >= 4 is 0 Å². The molecule has 0 saturated heterocycles. The number of nitrogens with one attached hydrogen (secondary N) is 1. The first-order chi connectivity index (χ1) is 9.69. The van der Waals surface area contributed by atoms with Gasteiger partial charge in [-0.2, -0.15) is 0 Å². The summed E-state index contributed by atoms with van der Waals surface area (Å²) in [5.74, 6) is 1.10. The highest BCUT2D eigenvalue weighted by atomic mass is 19.1. The second kappa shape index (κ2) is 7.17. The molecular formula is C15H20FN3O. The number of rotatable bonds is 7. The molecule has 20 heavy (non-hydrogen) atoms. The SMILES string of the molecule is CNCCCN(C)Cc1ncc(-c2ccc(F)cc2)o1. The zero-order valence-electron chi connectivity index (χ0n) is 11.9. The van der Waals surface area contributed by atoms with Gasteiger partial charge in [0.15, 0.2) is 5.76 Å². The highest BCUT2D eigenvalue weighted by Gasteiger charge is 2.08. The fraction of sp³-hybridized carbons (Fsp3) is 0.400. The average Bonchev–Trinajstić information content (AvgIpc) is 2.88. The Morgan fingerprint density at radius 1 is 1.30 bits per heavy atom. The second-order valence-corrected chi connectivity index (χ2v) is 4.82. The predicted octanol–water partition coefficient (Wildman–Crippen LogP) is 2.52. The Bertz CT molecular complexity index is 524. The van der Waals surface area contributed by atoms with Gasteiger partial charge in [0.25, 0.3) is 0 Å². The number of nitrogens with zero attached hydrogens (tertiary/aromatic N) is 2. The van der Waals surface area contributed by atoms with Gasteiger partial charge in [0, 0.05) is 5.56 Å². The van der Waals surface area contributed by atoms with Crippen LogP contribution in [-0.4, -0.2) is 37.1 Å². The van der Waals surface area contributed by atoms with Crippen molar-refractivity contribution in [3.8, 4) is 11.3 Å². The molecule has 0 spiro atoms. The molecule has 0 aliphatic heterocycles. The van der Waals surface area contributed by atoms with E-state index in [1.165, 1.54) is 12.1 Å². The molecule has 5 heteroatoms. The summed E-state index contributed by atoms with van der Waals surface area (Å²) in [6.07, 6.45) is 2.77. The molecule has 108 valence electrons. The van der Waals surface area contributed by atoms with E-state index in [0.29, 0.717) is 18.2 Å². The summed E-state index contributed by atoms with van der Waals surface area (Å²) in [7, 11) is 3.99. The van der Waals surface area contributed by atoms with Crippen molar-refractivity contribution in [2.45, 2.75) is 13.0 Å². The lowest BCUT2D eigenvalue weighted by molar-refractivity contribution is 0.286. The molecule has 0 aliphatic carbocycles. The van der Waals surface area contributed by atoms with E-state index < -0.39 is 0 Å². The van der Waals surface area contributed by atoms with E-state index in [9.17, 15) is 4.39 Å². The second-order valence-electron chi connectivity index (χ2n) is 4.82. The highest BCUT2D eigenvalue weighted by Crippen LogP contribution is 2.21. The molecule has 0 radical (unpaired) electrons. The van der Waals surface area contributed by atoms with Crippen molar-refractivity contribution in [3.63, 3.8) is 0 Å². The van der Waals surface area contributed by atoms with Crippen LogP contribution in [0.3, 0.4) is 0 Å². The van der Waals surface area contributed by atoms with E-state index >= 15 is 0 Å². The van der Waals surface area contributed by atoms with Crippen molar-refractivity contribution in [1.29, 1.82) is 0 Å². The Labute approximate surface area is 118 Å². The molecule has 4 nitrogen and oxygen atoms in total. The van der Waals surface area contributed by atoms with E-state index in [1.54, 1.807) is 18.3 Å². The van der Waals surface area contributed by atoms with Gasteiger partial charge in [0.1, 0.15) is 5.82 Å². The van der Waals surface area contributed by atoms with Gasteiger partial charge in [-0.25, -0.2) is 9.37 Å². The molecule has 2 aromatic rings. The summed E-state index contributed by atoms with van der Waals surface area (Å²) in [6, 6.07) is 6.22. The molecule has 0 fully saturated rings. The molecule has 1 aromatic carbocycles. The molecule has 0 aliphatic rings. The van der Waals surface area contributed by atoms with Crippen LogP contribution >= 0.6 is 0 Å². The summed E-state index contributed by atoms with van der Waals surface area (Å²) < 4.78 is 18.6. The van der Waals surface area contributed by atoms with Crippen LogP contribution in [0.2, 0.25) is 0 Å². The maximum Gasteiger partial charge on any atom is 0.209 e. The first-order valence-corrected chi connectivity index (χ1v) is 6.73. The smallest absolute Gasteiger partial charge is 0.209 e. The standard InChI is InChI=1S/C15H20FN3O/c1-17-8-3-9-19(2)11-15-18-10-14(20-15)12-4-6-13(16)7-5-12/h4-7,10,17H,3,8-9,11H2,1-2H3. The van der Waals surface area contributed by atoms with Crippen molar-refractivity contribution < 1.29 is 8.81 Å². The van der Waals surface area contributed by atoms with E-state index in [2.05, 4.69) is 15.2 Å². The van der Waals surface area contributed by atoms with Crippen LogP contribution in [0, 0.1) is 5.82 Å². The molecular weight excluding hydrogens is 257 g/mol. The molecule has 0 amide bonds. The number of hydrogen-bond acceptors (Lipinski definition) is 4. The quantitative estimate of drug-likeness (QED) is 0.790. The summed E-state index contributed by atoms with van der Waals surface area (Å²) in [5.41, 5.74) is 0.836. The van der Waals surface area contributed by atoms with Crippen LogP contribution < -0.4 is 5.32 Å². The van der Waals surface area contributed by atoms with Crippen LogP contribution in [0.4, 0.5) is 4.39 Å². The van der Waals surface area contributed by atoms with Gasteiger partial charge in [-0.1, -0.05) is 0 Å². The molecule has 1 aromatic heterocycles. The van der Waals surface area contributed by atoms with Gasteiger partial charge >= 0.3 is 0 Å². The Morgan fingerprint density at radius 2 is 2.05 bits per heavy atom. The fourth-order valence-corrected chi connectivity index (χ4v) is 1.97. The summed E-state index contributed by atoms with van der Waals surface area (Å²) in [6.45, 7) is 2.65. The largest absolute Gasteiger partial charge is 0.439 e. The lowest BCUT2D eigenvalue weighted by Crippen LogP contribution is -2.22.